The number of hydrogen-bond donors (Lipinski definition) is 1. The molecule has 1 fully saturated rings. The van der Waals surface area contributed by atoms with Crippen molar-refractivity contribution in [1.82, 2.24) is 24.3 Å². The van der Waals surface area contributed by atoms with Gasteiger partial charge in [0.05, 0.1) is 35.5 Å². The van der Waals surface area contributed by atoms with Crippen molar-refractivity contribution in [2.75, 3.05) is 58.8 Å². The molecule has 0 spiro atoms. The van der Waals surface area contributed by atoms with Crippen molar-refractivity contribution in [1.29, 1.82) is 0 Å². The predicted molar refractivity (Wildman–Crippen MR) is 204 cm³/mol. The first-order valence-electron chi connectivity index (χ1n) is 17.6. The normalized spacial score (nSPS) is 13.9. The average molecular weight is 791 g/mol. The van der Waals surface area contributed by atoms with Crippen molar-refractivity contribution < 1.29 is 36.6 Å². The SMILES string of the molecule is COc1cc2c(Oc3ccc(NC(=O)c4cc5cccnc5n(-c5ccc(C(F)(F)F)cc5Cl)c4=O)cc3F)ccnc2cc1OCCCN1CCN(C)CC1. The number of amides is 1. The molecule has 6 aromatic rings. The molecule has 0 atom stereocenters. The van der Waals surface area contributed by atoms with Crippen LogP contribution < -0.4 is 25.1 Å². The van der Waals surface area contributed by atoms with Crippen LogP contribution >= 0.6 is 11.6 Å². The Kier molecular flexibility index (Phi) is 11.1. The number of carbonyl (C=O) groups is 1. The van der Waals surface area contributed by atoms with Crippen LogP contribution in [-0.2, 0) is 6.18 Å². The Morgan fingerprint density at radius 1 is 0.911 bits per heavy atom. The summed E-state index contributed by atoms with van der Waals surface area (Å²) in [6.07, 6.45) is -0.921. The van der Waals surface area contributed by atoms with Gasteiger partial charge in [-0.15, -0.1) is 0 Å². The lowest BCUT2D eigenvalue weighted by molar-refractivity contribution is -0.137. The Bertz CT molecular complexity index is 2490. The van der Waals surface area contributed by atoms with E-state index in [9.17, 15) is 22.8 Å². The number of ether oxygens (including phenoxy) is 3. The molecule has 16 heteroatoms. The molecule has 4 heterocycles. The molecule has 56 heavy (non-hydrogen) atoms. The molecule has 1 aliphatic rings. The maximum Gasteiger partial charge on any atom is 0.416 e. The summed E-state index contributed by atoms with van der Waals surface area (Å²) in [5.41, 5.74) is -1.83. The predicted octanol–water partition coefficient (Wildman–Crippen LogP) is 7.81. The van der Waals surface area contributed by atoms with Gasteiger partial charge >= 0.3 is 6.18 Å². The highest BCUT2D eigenvalue weighted by Gasteiger charge is 2.31. The van der Waals surface area contributed by atoms with Crippen LogP contribution in [0.4, 0.5) is 23.2 Å². The topological polar surface area (TPSA) is 111 Å². The number of methoxy groups -OCH3 is 1. The highest BCUT2D eigenvalue weighted by atomic mass is 35.5. The summed E-state index contributed by atoms with van der Waals surface area (Å²) in [4.78, 5) is 40.6. The van der Waals surface area contributed by atoms with Gasteiger partial charge in [-0.1, -0.05) is 11.6 Å². The molecule has 3 aromatic heterocycles. The zero-order valence-corrected chi connectivity index (χ0v) is 31.0. The average Bonchev–Trinajstić information content (AvgIpc) is 3.17. The first-order valence-corrected chi connectivity index (χ1v) is 17.9. The van der Waals surface area contributed by atoms with E-state index in [1.165, 1.54) is 37.7 Å². The van der Waals surface area contributed by atoms with Crippen LogP contribution in [0.5, 0.6) is 23.0 Å². The Morgan fingerprint density at radius 2 is 1.71 bits per heavy atom. The quantitative estimate of drug-likeness (QED) is 0.104. The first-order chi connectivity index (χ1) is 26.9. The number of halogens is 5. The van der Waals surface area contributed by atoms with Crippen molar-refractivity contribution in [2.45, 2.75) is 12.6 Å². The molecule has 1 aliphatic heterocycles. The van der Waals surface area contributed by atoms with Gasteiger partial charge in [-0.3, -0.25) is 19.1 Å². The van der Waals surface area contributed by atoms with Gasteiger partial charge in [-0.05, 0) is 74.1 Å². The van der Waals surface area contributed by atoms with Crippen molar-refractivity contribution >= 4 is 45.1 Å². The van der Waals surface area contributed by atoms with Crippen LogP contribution in [0.1, 0.15) is 22.3 Å². The Labute approximate surface area is 323 Å². The Hall–Kier alpha value is -5.77. The van der Waals surface area contributed by atoms with Gasteiger partial charge in [-0.2, -0.15) is 13.2 Å². The lowest BCUT2D eigenvalue weighted by atomic mass is 10.1. The minimum atomic E-state index is -4.67. The number of nitrogens with zero attached hydrogens (tertiary/aromatic N) is 5. The number of fused-ring (bicyclic) bond motifs is 2. The molecule has 1 amide bonds. The number of benzene rings is 3. The standard InChI is InChI=1S/C40H35ClF4N6O5/c1-49-14-16-50(17-15-49)13-4-18-55-36-23-31-27(22-35(36)54-2)33(10-12-46-31)56-34-9-7-26(21-30(34)42)48-38(52)28-19-24-5-3-11-47-37(24)51(39(28)53)32-8-6-25(20-29(32)41)40(43,44)45/h3,5-12,19-23H,4,13-18H2,1-2H3,(H,48,52). The van der Waals surface area contributed by atoms with Gasteiger partial charge < -0.3 is 29.3 Å². The van der Waals surface area contributed by atoms with Crippen molar-refractivity contribution in [3.63, 3.8) is 0 Å². The molecule has 0 radical (unpaired) electrons. The van der Waals surface area contributed by atoms with E-state index in [1.54, 1.807) is 30.3 Å². The fraction of sp³-hybridized carbons (Fsp3) is 0.250. The van der Waals surface area contributed by atoms with Crippen LogP contribution in [-0.4, -0.2) is 83.7 Å². The number of pyridine rings is 3. The third-order valence-corrected chi connectivity index (χ3v) is 9.69. The number of likely N-dealkylation sites (N-methyl/N-ethyl adjacent to an activating group) is 1. The number of alkyl halides is 3. The van der Waals surface area contributed by atoms with Crippen molar-refractivity contribution in [2.24, 2.45) is 0 Å². The molecule has 0 aliphatic carbocycles. The number of piperazine rings is 1. The molecule has 290 valence electrons. The second kappa shape index (κ2) is 16.1. The first kappa shape index (κ1) is 38.5. The van der Waals surface area contributed by atoms with E-state index in [-0.39, 0.29) is 33.5 Å². The maximum atomic E-state index is 15.5. The number of nitrogens with one attached hydrogen (secondary N) is 1. The van der Waals surface area contributed by atoms with E-state index in [2.05, 4.69) is 32.1 Å². The molecular formula is C40H35ClF4N6O5. The molecule has 1 saturated heterocycles. The van der Waals surface area contributed by atoms with Crippen LogP contribution in [0.15, 0.2) is 90.0 Å². The van der Waals surface area contributed by atoms with Gasteiger partial charge in [0, 0.05) is 73.7 Å². The largest absolute Gasteiger partial charge is 0.493 e. The van der Waals surface area contributed by atoms with Crippen LogP contribution in [0.2, 0.25) is 5.02 Å². The molecule has 1 N–H and O–H groups in total. The van der Waals surface area contributed by atoms with Gasteiger partial charge in [0.1, 0.15) is 17.0 Å². The highest BCUT2D eigenvalue weighted by Crippen LogP contribution is 2.38. The van der Waals surface area contributed by atoms with E-state index in [0.717, 1.165) is 61.9 Å². The van der Waals surface area contributed by atoms with Crippen LogP contribution in [0.25, 0.3) is 27.6 Å². The van der Waals surface area contributed by atoms with E-state index in [0.29, 0.717) is 40.5 Å². The molecule has 11 nitrogen and oxygen atoms in total. The van der Waals surface area contributed by atoms with E-state index >= 15 is 4.39 Å². The second-order valence-corrected chi connectivity index (χ2v) is 13.6. The molecule has 0 saturated carbocycles. The summed E-state index contributed by atoms with van der Waals surface area (Å²) < 4.78 is 74.2. The number of rotatable bonds is 11. The minimum Gasteiger partial charge on any atom is -0.493 e. The van der Waals surface area contributed by atoms with Crippen LogP contribution in [0, 0.1) is 5.82 Å². The summed E-state index contributed by atoms with van der Waals surface area (Å²) >= 11 is 6.24. The lowest BCUT2D eigenvalue weighted by Gasteiger charge is -2.32. The zero-order chi connectivity index (χ0) is 39.6. The summed E-state index contributed by atoms with van der Waals surface area (Å²) in [6, 6.07) is 15.7. The number of anilines is 1. The third kappa shape index (κ3) is 8.25. The monoisotopic (exact) mass is 790 g/mol. The van der Waals surface area contributed by atoms with Gasteiger partial charge in [0.15, 0.2) is 23.1 Å². The molecular weight excluding hydrogens is 756 g/mol. The minimum absolute atomic E-state index is 0.000292. The summed E-state index contributed by atoms with van der Waals surface area (Å²) in [7, 11) is 3.65. The molecule has 0 bridgehead atoms. The summed E-state index contributed by atoms with van der Waals surface area (Å²) in [6.45, 7) is 5.56. The van der Waals surface area contributed by atoms with Gasteiger partial charge in [-0.25, -0.2) is 9.37 Å². The van der Waals surface area contributed by atoms with Crippen molar-refractivity contribution in [3.05, 3.63) is 118 Å². The molecule has 0 unspecified atom stereocenters. The fourth-order valence-electron chi connectivity index (χ4n) is 6.40. The Balaban J connectivity index is 1.08. The molecule has 3 aromatic carbocycles. The molecule has 7 rings (SSSR count). The summed E-state index contributed by atoms with van der Waals surface area (Å²) in [5.74, 6) is -0.622. The van der Waals surface area contributed by atoms with E-state index < -0.39 is 34.6 Å². The third-order valence-electron chi connectivity index (χ3n) is 9.39. The van der Waals surface area contributed by atoms with E-state index in [1.807, 2.05) is 0 Å². The lowest BCUT2D eigenvalue weighted by Crippen LogP contribution is -2.44. The van der Waals surface area contributed by atoms with Gasteiger partial charge in [0.2, 0.25) is 0 Å². The van der Waals surface area contributed by atoms with Crippen LogP contribution in [0.3, 0.4) is 0 Å². The maximum absolute atomic E-state index is 15.5. The van der Waals surface area contributed by atoms with Gasteiger partial charge in [0.25, 0.3) is 11.5 Å². The fourth-order valence-corrected chi connectivity index (χ4v) is 6.67. The number of hydrogen-bond acceptors (Lipinski definition) is 9. The Morgan fingerprint density at radius 3 is 2.45 bits per heavy atom. The van der Waals surface area contributed by atoms with E-state index in [4.69, 9.17) is 25.8 Å². The highest BCUT2D eigenvalue weighted by molar-refractivity contribution is 6.32. The van der Waals surface area contributed by atoms with Crippen molar-refractivity contribution in [3.8, 4) is 28.7 Å². The number of carbonyl (C=O) groups excluding carboxylic acids is 1. The number of aromatic nitrogens is 3. The summed E-state index contributed by atoms with van der Waals surface area (Å²) in [5, 5.41) is 3.00. The smallest absolute Gasteiger partial charge is 0.416 e. The second-order valence-electron chi connectivity index (χ2n) is 13.2. The zero-order valence-electron chi connectivity index (χ0n) is 30.2.